The quantitative estimate of drug-likeness (QED) is 0.441. The van der Waals surface area contributed by atoms with Gasteiger partial charge in [-0.05, 0) is 0 Å². The van der Waals surface area contributed by atoms with Gasteiger partial charge >= 0.3 is 21.1 Å². The van der Waals surface area contributed by atoms with Crippen LogP contribution in [0.25, 0.3) is 0 Å². The Kier molecular flexibility index (Phi) is 1440. The molecule has 7 heteroatoms. The summed E-state index contributed by atoms with van der Waals surface area (Å²) >= 11 is 0. The van der Waals surface area contributed by atoms with E-state index in [-0.39, 0.29) is 39.5 Å². The first-order valence-corrected chi connectivity index (χ1v) is 0.365. The van der Waals surface area contributed by atoms with Crippen LogP contribution in [-0.2, 0) is 26.3 Å². The molecule has 7 heavy (non-hydrogen) atoms. The Morgan fingerprint density at radius 3 is 1.00 bits per heavy atom. The van der Waals surface area contributed by atoms with Gasteiger partial charge in [-0.25, -0.2) is 0 Å². The van der Waals surface area contributed by atoms with E-state index in [0.29, 0.717) is 0 Å². The Balaban J connectivity index is -0.00000000333. The van der Waals surface area contributed by atoms with Gasteiger partial charge in [-0.3, -0.25) is 0 Å². The molecule has 9 N–H and O–H groups in total. The summed E-state index contributed by atoms with van der Waals surface area (Å²) in [7, 11) is 0. The smallest absolute Gasteiger partial charge is 0.344 e. The van der Waals surface area contributed by atoms with Crippen LogP contribution in [0.5, 0.6) is 0 Å². The Morgan fingerprint density at radius 2 is 1.00 bits per heavy atom. The van der Waals surface area contributed by atoms with E-state index >= 15 is 0 Å². The molecule has 0 aromatic rings. The molecule has 0 aromatic heterocycles. The molecule has 0 aliphatic heterocycles. The Bertz CT molecular complexity index is 17.2. The van der Waals surface area contributed by atoms with Crippen molar-refractivity contribution >= 4 is 0 Å². The summed E-state index contributed by atoms with van der Waals surface area (Å²) in [4.78, 5) is 8.00. The van der Waals surface area contributed by atoms with Crippen LogP contribution >= 0.6 is 0 Å². The van der Waals surface area contributed by atoms with Crippen molar-refractivity contribution in [3.05, 3.63) is 4.91 Å². The summed E-state index contributed by atoms with van der Waals surface area (Å²) in [5, 5.41) is 9.00. The summed E-state index contributed by atoms with van der Waals surface area (Å²) in [5.41, 5.74) is 0. The number of nitrogens with zero attached hydrogens (tertiary/aromatic N) is 1. The van der Waals surface area contributed by atoms with E-state index in [1.807, 2.05) is 0 Å². The molecule has 0 aromatic carbocycles. The second kappa shape index (κ2) is 157. The monoisotopic (exact) mass is 292 g/mol. The third-order valence-electron chi connectivity index (χ3n) is 0. The van der Waals surface area contributed by atoms with Crippen LogP contribution in [0.4, 0.5) is 0 Å². The first-order valence-electron chi connectivity index (χ1n) is 0.365. The summed E-state index contributed by atoms with van der Waals surface area (Å²) in [6, 6.07) is 0. The molecule has 0 unspecified atom stereocenters. The normalized spacial score (nSPS) is 1.71. The van der Waals surface area contributed by atoms with Crippen molar-refractivity contribution in [2.45, 2.75) is 0 Å². The third kappa shape index (κ3) is 93600. The molecule has 0 heterocycles. The van der Waals surface area contributed by atoms with E-state index in [9.17, 15) is 0 Å². The van der Waals surface area contributed by atoms with Gasteiger partial charge in [0.2, 0.25) is 5.34 Å². The van der Waals surface area contributed by atoms with E-state index in [2.05, 4.69) is 0 Å². The Labute approximate surface area is 55.6 Å². The largest absolute Gasteiger partial charge is 2.00 e. The number of rotatable bonds is 0. The minimum Gasteiger partial charge on any atom is -0.344 e. The molecule has 0 fully saturated rings. The molecular weight excluding hydrogens is 283 g/mol. The van der Waals surface area contributed by atoms with E-state index < -0.39 is 0 Å². The van der Waals surface area contributed by atoms with Gasteiger partial charge in [0.15, 0.2) is 0 Å². The van der Waals surface area contributed by atoms with E-state index in [4.69, 9.17) is 10.1 Å². The molecule has 0 aliphatic carbocycles. The van der Waals surface area contributed by atoms with Crippen LogP contribution in [0.3, 0.4) is 0 Å². The van der Waals surface area contributed by atoms with Crippen molar-refractivity contribution in [3.8, 4) is 0 Å². The van der Waals surface area contributed by atoms with Gasteiger partial charge < -0.3 is 18.5 Å². The van der Waals surface area contributed by atoms with Gasteiger partial charge in [-0.15, -0.1) is 10.1 Å². The number of hydrogen-bond acceptors (Lipinski definition) is 5. The maximum atomic E-state index is 8.00. The van der Waals surface area contributed by atoms with Gasteiger partial charge in [0.25, 0.3) is 0 Å². The zero-order valence-corrected chi connectivity index (χ0v) is 5.97. The van der Waals surface area contributed by atoms with Crippen molar-refractivity contribution in [2.24, 2.45) is 5.34 Å². The second-order valence-corrected chi connectivity index (χ2v) is 0.0745. The molecule has 0 amide bonds. The summed E-state index contributed by atoms with van der Waals surface area (Å²) in [6.45, 7) is 0. The predicted molar refractivity (Wildman–Crippen MR) is 21.5 cm³/mol. The fourth-order valence-electron chi connectivity index (χ4n) is 0. The van der Waals surface area contributed by atoms with Crippen molar-refractivity contribution in [1.29, 1.82) is 0 Å². The SMILES string of the molecule is N.N.N.[O]N=O.[Pt+2]. The average molecular weight is 292 g/mol. The van der Waals surface area contributed by atoms with Crippen molar-refractivity contribution in [3.63, 3.8) is 0 Å². The zero-order valence-electron chi connectivity index (χ0n) is 3.70. The van der Waals surface area contributed by atoms with Crippen LogP contribution in [0.1, 0.15) is 0 Å². The molecule has 0 aliphatic rings. The Morgan fingerprint density at radius 1 is 1.00 bits per heavy atom. The average Bonchev–Trinajstić information content (AvgIpc) is 0.918. The van der Waals surface area contributed by atoms with E-state index in [1.54, 1.807) is 0 Å². The van der Waals surface area contributed by atoms with Crippen LogP contribution in [0.2, 0.25) is 0 Å². The van der Waals surface area contributed by atoms with Crippen LogP contribution in [0.15, 0.2) is 5.34 Å². The van der Waals surface area contributed by atoms with Crippen LogP contribution in [0, 0.1) is 4.91 Å². The molecule has 6 nitrogen and oxygen atoms in total. The van der Waals surface area contributed by atoms with Crippen molar-refractivity contribution < 1.29 is 26.3 Å². The predicted octanol–water partition coefficient (Wildman–Crippen LogP) is 0.582. The topological polar surface area (TPSA) is 154 Å². The maximum absolute atomic E-state index is 8.00. The van der Waals surface area contributed by atoms with E-state index in [0.717, 1.165) is 5.34 Å². The Hall–Kier alpha value is -0.0317. The minimum absolute atomic E-state index is 0. The van der Waals surface area contributed by atoms with E-state index in [1.165, 1.54) is 0 Å². The van der Waals surface area contributed by atoms with Gasteiger partial charge in [-0.1, -0.05) is 0 Å². The van der Waals surface area contributed by atoms with Gasteiger partial charge in [0.1, 0.15) is 0 Å². The summed E-state index contributed by atoms with van der Waals surface area (Å²) < 4.78 is 0. The molecule has 0 rings (SSSR count). The minimum atomic E-state index is 0. The van der Waals surface area contributed by atoms with Gasteiger partial charge in [0.05, 0.1) is 0 Å². The first-order chi connectivity index (χ1) is 1.41. The molecule has 0 spiro atoms. The molecule has 0 bridgehead atoms. The van der Waals surface area contributed by atoms with Gasteiger partial charge in [-0.2, -0.15) is 0 Å². The molecule has 0 saturated heterocycles. The van der Waals surface area contributed by atoms with Gasteiger partial charge in [0, 0.05) is 0 Å². The summed E-state index contributed by atoms with van der Waals surface area (Å²) in [5.74, 6) is 0. The fourth-order valence-corrected chi connectivity index (χ4v) is 0. The fraction of sp³-hybridized carbons (Fsp3) is 0. The van der Waals surface area contributed by atoms with Crippen LogP contribution < -0.4 is 18.5 Å². The maximum Gasteiger partial charge on any atom is 2.00 e. The molecule has 1 radical (unpaired) electrons. The third-order valence-corrected chi connectivity index (χ3v) is 0. The van der Waals surface area contributed by atoms with Crippen molar-refractivity contribution in [2.75, 3.05) is 0 Å². The summed E-state index contributed by atoms with van der Waals surface area (Å²) in [6.07, 6.45) is 0. The second-order valence-electron chi connectivity index (χ2n) is 0.0745. The van der Waals surface area contributed by atoms with Crippen LogP contribution in [-0.4, -0.2) is 0 Å². The molecule has 49 valence electrons. The number of hydrogen-bond donors (Lipinski definition) is 3. The first kappa shape index (κ1) is 64.1. The standard InChI is InChI=1S/NO2.3H3N.Pt/c2-1-3;;;;/h;3*1H3;/q;;;;+2. The molecular formula is H9N4O2Pt+2. The molecule has 0 saturated carbocycles. The van der Waals surface area contributed by atoms with Crippen molar-refractivity contribution in [1.82, 2.24) is 18.5 Å². The zero-order chi connectivity index (χ0) is 2.71. The molecule has 0 atom stereocenters.